The average molecular weight is 187 g/mol. The van der Waals surface area contributed by atoms with Gasteiger partial charge in [0.1, 0.15) is 0 Å². The molecule has 78 valence electrons. The lowest BCUT2D eigenvalue weighted by Crippen LogP contribution is -2.54. The van der Waals surface area contributed by atoms with E-state index >= 15 is 0 Å². The van der Waals surface area contributed by atoms with Crippen molar-refractivity contribution in [1.82, 2.24) is 10.6 Å². The van der Waals surface area contributed by atoms with Crippen LogP contribution in [-0.4, -0.2) is 24.7 Å². The van der Waals surface area contributed by atoms with Crippen molar-refractivity contribution in [3.05, 3.63) is 0 Å². The molecule has 1 unspecified atom stereocenters. The van der Waals surface area contributed by atoms with Crippen molar-refractivity contribution in [1.29, 1.82) is 0 Å². The molecule has 0 heterocycles. The van der Waals surface area contributed by atoms with Crippen LogP contribution in [0.1, 0.15) is 33.6 Å². The van der Waals surface area contributed by atoms with Gasteiger partial charge in [-0.25, -0.2) is 4.79 Å². The van der Waals surface area contributed by atoms with Crippen molar-refractivity contribution in [2.75, 3.05) is 13.1 Å². The standard InChI is InChI=1S/C9H21N3O/c1-4-6-11-8(13)12-9(3,5-2)7-10/h4-7,10H2,1-3H3,(H2,11,12,13). The molecule has 0 aliphatic carbocycles. The Bertz CT molecular complexity index is 155. The highest BCUT2D eigenvalue weighted by molar-refractivity contribution is 5.74. The molecule has 0 aromatic carbocycles. The first kappa shape index (κ1) is 12.2. The zero-order valence-electron chi connectivity index (χ0n) is 8.81. The van der Waals surface area contributed by atoms with Crippen LogP contribution < -0.4 is 16.4 Å². The molecule has 4 heteroatoms. The van der Waals surface area contributed by atoms with Gasteiger partial charge in [-0.15, -0.1) is 0 Å². The number of carbonyl (C=O) groups is 1. The molecule has 0 saturated heterocycles. The van der Waals surface area contributed by atoms with Crippen molar-refractivity contribution >= 4 is 6.03 Å². The fraction of sp³-hybridized carbons (Fsp3) is 0.889. The molecule has 0 aliphatic heterocycles. The molecule has 1 atom stereocenters. The number of nitrogens with two attached hydrogens (primary N) is 1. The number of hydrogen-bond acceptors (Lipinski definition) is 2. The molecular weight excluding hydrogens is 166 g/mol. The SMILES string of the molecule is CCCNC(=O)NC(C)(CC)CN. The Kier molecular flexibility index (Phi) is 5.46. The molecule has 2 amide bonds. The number of amides is 2. The first-order valence-corrected chi connectivity index (χ1v) is 4.84. The molecule has 4 nitrogen and oxygen atoms in total. The minimum atomic E-state index is -0.280. The third-order valence-electron chi connectivity index (χ3n) is 2.18. The molecule has 0 fully saturated rings. The van der Waals surface area contributed by atoms with Gasteiger partial charge in [0.15, 0.2) is 0 Å². The summed E-state index contributed by atoms with van der Waals surface area (Å²) in [5, 5.41) is 5.60. The van der Waals surface area contributed by atoms with Crippen LogP contribution in [0.4, 0.5) is 4.79 Å². The monoisotopic (exact) mass is 187 g/mol. The zero-order chi connectivity index (χ0) is 10.3. The predicted octanol–water partition coefficient (Wildman–Crippen LogP) is 0.823. The van der Waals surface area contributed by atoms with Crippen LogP contribution in [-0.2, 0) is 0 Å². The summed E-state index contributed by atoms with van der Waals surface area (Å²) in [5.74, 6) is 0. The molecule has 0 aromatic rings. The maximum atomic E-state index is 11.3. The van der Waals surface area contributed by atoms with E-state index in [-0.39, 0.29) is 11.6 Å². The summed E-state index contributed by atoms with van der Waals surface area (Å²) < 4.78 is 0. The van der Waals surface area contributed by atoms with Gasteiger partial charge in [-0.1, -0.05) is 13.8 Å². The summed E-state index contributed by atoms with van der Waals surface area (Å²) >= 11 is 0. The Labute approximate surface area is 80.3 Å². The number of urea groups is 1. The van der Waals surface area contributed by atoms with E-state index in [4.69, 9.17) is 5.73 Å². The second kappa shape index (κ2) is 5.80. The third kappa shape index (κ3) is 4.72. The van der Waals surface area contributed by atoms with Crippen LogP contribution in [0.2, 0.25) is 0 Å². The van der Waals surface area contributed by atoms with E-state index < -0.39 is 0 Å². The van der Waals surface area contributed by atoms with Crippen LogP contribution in [0.5, 0.6) is 0 Å². The molecule has 13 heavy (non-hydrogen) atoms. The van der Waals surface area contributed by atoms with Gasteiger partial charge in [-0.3, -0.25) is 0 Å². The topological polar surface area (TPSA) is 67.2 Å². The van der Waals surface area contributed by atoms with E-state index in [1.165, 1.54) is 0 Å². The van der Waals surface area contributed by atoms with Gasteiger partial charge in [-0.2, -0.15) is 0 Å². The van der Waals surface area contributed by atoms with E-state index in [1.54, 1.807) is 0 Å². The van der Waals surface area contributed by atoms with Gasteiger partial charge in [0, 0.05) is 13.1 Å². The van der Waals surface area contributed by atoms with Gasteiger partial charge in [0.25, 0.3) is 0 Å². The van der Waals surface area contributed by atoms with E-state index in [9.17, 15) is 4.79 Å². The normalized spacial score (nSPS) is 14.8. The second-order valence-corrected chi connectivity index (χ2v) is 3.50. The minimum absolute atomic E-state index is 0.128. The first-order chi connectivity index (χ1) is 6.08. The quantitative estimate of drug-likeness (QED) is 0.596. The van der Waals surface area contributed by atoms with Gasteiger partial charge in [0.2, 0.25) is 0 Å². The van der Waals surface area contributed by atoms with Gasteiger partial charge in [-0.05, 0) is 19.8 Å². The largest absolute Gasteiger partial charge is 0.338 e. The van der Waals surface area contributed by atoms with E-state index in [0.29, 0.717) is 13.1 Å². The molecule has 4 N–H and O–H groups in total. The summed E-state index contributed by atoms with van der Waals surface area (Å²) in [6.45, 7) is 7.13. The molecule has 0 aliphatic rings. The molecule has 0 spiro atoms. The summed E-state index contributed by atoms with van der Waals surface area (Å²) in [5.41, 5.74) is 5.27. The highest BCUT2D eigenvalue weighted by Crippen LogP contribution is 2.05. The third-order valence-corrected chi connectivity index (χ3v) is 2.18. The zero-order valence-corrected chi connectivity index (χ0v) is 8.81. The number of rotatable bonds is 5. The maximum Gasteiger partial charge on any atom is 0.315 e. The van der Waals surface area contributed by atoms with Crippen molar-refractivity contribution in [3.8, 4) is 0 Å². The van der Waals surface area contributed by atoms with Crippen molar-refractivity contribution in [3.63, 3.8) is 0 Å². The summed E-state index contributed by atoms with van der Waals surface area (Å²) in [7, 11) is 0. The molecule has 0 radical (unpaired) electrons. The van der Waals surface area contributed by atoms with Crippen molar-refractivity contribution in [2.24, 2.45) is 5.73 Å². The van der Waals surface area contributed by atoms with Crippen LogP contribution in [0.15, 0.2) is 0 Å². The number of carbonyl (C=O) groups excluding carboxylic acids is 1. The highest BCUT2D eigenvalue weighted by atomic mass is 16.2. The Morgan fingerprint density at radius 2 is 2.08 bits per heavy atom. The fourth-order valence-corrected chi connectivity index (χ4v) is 0.841. The minimum Gasteiger partial charge on any atom is -0.338 e. The van der Waals surface area contributed by atoms with Crippen LogP contribution in [0.25, 0.3) is 0 Å². The Hall–Kier alpha value is -0.770. The molecular formula is C9H21N3O. The lowest BCUT2D eigenvalue weighted by molar-refractivity contribution is 0.227. The lowest BCUT2D eigenvalue weighted by atomic mass is 10.00. The maximum absolute atomic E-state index is 11.3. The summed E-state index contributed by atoms with van der Waals surface area (Å²) in [6, 6.07) is -0.128. The van der Waals surface area contributed by atoms with E-state index in [2.05, 4.69) is 10.6 Å². The van der Waals surface area contributed by atoms with E-state index in [1.807, 2.05) is 20.8 Å². The predicted molar refractivity (Wildman–Crippen MR) is 54.6 cm³/mol. The molecule has 0 rings (SSSR count). The second-order valence-electron chi connectivity index (χ2n) is 3.50. The Balaban J connectivity index is 3.87. The summed E-state index contributed by atoms with van der Waals surface area (Å²) in [6.07, 6.45) is 1.78. The Morgan fingerprint density at radius 1 is 1.46 bits per heavy atom. The summed E-state index contributed by atoms with van der Waals surface area (Å²) in [4.78, 5) is 11.3. The smallest absolute Gasteiger partial charge is 0.315 e. The highest BCUT2D eigenvalue weighted by Gasteiger charge is 2.21. The van der Waals surface area contributed by atoms with Crippen molar-refractivity contribution in [2.45, 2.75) is 39.2 Å². The van der Waals surface area contributed by atoms with Gasteiger partial charge >= 0.3 is 6.03 Å². The average Bonchev–Trinajstić information content (AvgIpc) is 2.14. The van der Waals surface area contributed by atoms with Gasteiger partial charge in [0.05, 0.1) is 5.54 Å². The van der Waals surface area contributed by atoms with Crippen LogP contribution in [0.3, 0.4) is 0 Å². The molecule has 0 bridgehead atoms. The fourth-order valence-electron chi connectivity index (χ4n) is 0.841. The van der Waals surface area contributed by atoms with Crippen molar-refractivity contribution < 1.29 is 4.79 Å². The Morgan fingerprint density at radius 3 is 2.46 bits per heavy atom. The number of nitrogens with one attached hydrogen (secondary N) is 2. The molecule has 0 saturated carbocycles. The van der Waals surface area contributed by atoms with Crippen LogP contribution in [0, 0.1) is 0 Å². The first-order valence-electron chi connectivity index (χ1n) is 4.84. The molecule has 0 aromatic heterocycles. The number of hydrogen-bond donors (Lipinski definition) is 3. The lowest BCUT2D eigenvalue weighted by Gasteiger charge is -2.27. The van der Waals surface area contributed by atoms with Gasteiger partial charge < -0.3 is 16.4 Å². The van der Waals surface area contributed by atoms with Crippen LogP contribution >= 0.6 is 0 Å². The van der Waals surface area contributed by atoms with E-state index in [0.717, 1.165) is 12.8 Å².